The van der Waals surface area contributed by atoms with Crippen molar-refractivity contribution < 1.29 is 0 Å². The van der Waals surface area contributed by atoms with Gasteiger partial charge in [0, 0.05) is 53.8 Å². The summed E-state index contributed by atoms with van der Waals surface area (Å²) in [6, 6.07) is 77.1. The van der Waals surface area contributed by atoms with E-state index in [9.17, 15) is 0 Å². The van der Waals surface area contributed by atoms with E-state index in [1.807, 2.05) is 0 Å². The van der Waals surface area contributed by atoms with E-state index in [-0.39, 0.29) is 0 Å². The van der Waals surface area contributed by atoms with Gasteiger partial charge >= 0.3 is 0 Å². The minimum absolute atomic E-state index is 0.840. The number of hydrogen-bond donors (Lipinski definition) is 0. The molecule has 0 aliphatic carbocycles. The smallest absolute Gasteiger partial charge is 0.0979 e. The first-order chi connectivity index (χ1) is 30.6. The highest BCUT2D eigenvalue weighted by Gasteiger charge is 2.19. The summed E-state index contributed by atoms with van der Waals surface area (Å²) < 4.78 is 2.05. The summed E-state index contributed by atoms with van der Waals surface area (Å²) in [6.07, 6.45) is 0. The van der Waals surface area contributed by atoms with Gasteiger partial charge in [-0.3, -0.25) is 0 Å². The Kier molecular flexibility index (Phi) is 9.80. The summed E-state index contributed by atoms with van der Waals surface area (Å²) in [7, 11) is 0. The van der Waals surface area contributed by atoms with Crippen molar-refractivity contribution in [1.82, 2.24) is 9.97 Å². The van der Waals surface area contributed by atoms with Gasteiger partial charge in [0.05, 0.1) is 22.1 Å². The van der Waals surface area contributed by atoms with E-state index in [2.05, 4.69) is 260 Å². The Morgan fingerprint density at radius 3 is 0.919 bits per heavy atom. The van der Waals surface area contributed by atoms with Crippen LogP contribution < -0.4 is 9.80 Å². The SMILES string of the molecule is Brc1ccc2c(c1)c1cc(Br)ccc1c1nc3cc(-c4ccc(N(c5ccccc5)c5ccccc5)cc4)c(-c4ccc(N(c5ccccc5)c5ccccc5)cc4)cc3nc21. The number of anilines is 6. The first-order valence-corrected chi connectivity index (χ1v) is 22.1. The van der Waals surface area contributed by atoms with Gasteiger partial charge in [0.25, 0.3) is 0 Å². The summed E-state index contributed by atoms with van der Waals surface area (Å²) >= 11 is 7.46. The largest absolute Gasteiger partial charge is 0.311 e. The fraction of sp³-hybridized carbons (Fsp3) is 0. The maximum Gasteiger partial charge on any atom is 0.0979 e. The number of aromatic nitrogens is 2. The van der Waals surface area contributed by atoms with Crippen LogP contribution in [0.15, 0.2) is 227 Å². The molecule has 0 amide bonds. The van der Waals surface area contributed by atoms with Crippen molar-refractivity contribution in [2.24, 2.45) is 0 Å². The highest BCUT2D eigenvalue weighted by atomic mass is 79.9. The molecular formula is C56H36Br2N4. The Morgan fingerprint density at radius 2 is 0.597 bits per heavy atom. The fourth-order valence-corrected chi connectivity index (χ4v) is 9.35. The number of halogens is 2. The normalized spacial score (nSPS) is 11.4. The van der Waals surface area contributed by atoms with Crippen molar-refractivity contribution in [2.75, 3.05) is 9.80 Å². The van der Waals surface area contributed by atoms with Gasteiger partial charge in [0.2, 0.25) is 0 Å². The highest BCUT2D eigenvalue weighted by Crippen LogP contribution is 2.43. The van der Waals surface area contributed by atoms with E-state index >= 15 is 0 Å². The van der Waals surface area contributed by atoms with Crippen LogP contribution in [0.25, 0.3) is 65.9 Å². The molecule has 0 aliphatic heterocycles. The molecule has 0 aliphatic rings. The number of fused-ring (bicyclic) bond motifs is 7. The molecule has 0 unspecified atom stereocenters. The van der Waals surface area contributed by atoms with Gasteiger partial charge < -0.3 is 9.80 Å². The van der Waals surface area contributed by atoms with Crippen LogP contribution in [-0.2, 0) is 0 Å². The molecule has 1 heterocycles. The van der Waals surface area contributed by atoms with Gasteiger partial charge in [0.1, 0.15) is 0 Å². The van der Waals surface area contributed by atoms with Crippen molar-refractivity contribution in [1.29, 1.82) is 0 Å². The molecule has 0 bridgehead atoms. The summed E-state index contributed by atoms with van der Waals surface area (Å²) in [4.78, 5) is 15.5. The van der Waals surface area contributed by atoms with Crippen LogP contribution in [0, 0.1) is 0 Å². The Labute approximate surface area is 376 Å². The molecule has 4 nitrogen and oxygen atoms in total. The van der Waals surface area contributed by atoms with Crippen molar-refractivity contribution in [3.8, 4) is 22.3 Å². The molecule has 0 atom stereocenters. The zero-order valence-electron chi connectivity index (χ0n) is 33.3. The minimum Gasteiger partial charge on any atom is -0.311 e. The molecule has 11 aromatic rings. The van der Waals surface area contributed by atoms with Gasteiger partial charge in [-0.15, -0.1) is 0 Å². The van der Waals surface area contributed by atoms with Crippen molar-refractivity contribution in [3.63, 3.8) is 0 Å². The number of benzene rings is 10. The van der Waals surface area contributed by atoms with E-state index < -0.39 is 0 Å². The van der Waals surface area contributed by atoms with Crippen LogP contribution in [-0.4, -0.2) is 9.97 Å². The molecule has 0 spiro atoms. The Bertz CT molecular complexity index is 3090. The van der Waals surface area contributed by atoms with Crippen molar-refractivity contribution in [3.05, 3.63) is 227 Å². The lowest BCUT2D eigenvalue weighted by atomic mass is 9.93. The van der Waals surface area contributed by atoms with Crippen LogP contribution in [0.3, 0.4) is 0 Å². The Morgan fingerprint density at radius 1 is 0.290 bits per heavy atom. The molecule has 0 N–H and O–H groups in total. The van der Waals surface area contributed by atoms with Crippen LogP contribution in [0.4, 0.5) is 34.1 Å². The number of rotatable bonds is 8. The summed E-state index contributed by atoms with van der Waals surface area (Å²) in [6.45, 7) is 0. The molecule has 0 radical (unpaired) electrons. The lowest BCUT2D eigenvalue weighted by Crippen LogP contribution is -2.09. The fourth-order valence-electron chi connectivity index (χ4n) is 8.63. The topological polar surface area (TPSA) is 32.3 Å². The Balaban J connectivity index is 1.11. The number of nitrogens with zero attached hydrogens (tertiary/aromatic N) is 4. The summed E-state index contributed by atoms with van der Waals surface area (Å²) in [5, 5.41) is 4.39. The van der Waals surface area contributed by atoms with Gasteiger partial charge in [-0.25, -0.2) is 9.97 Å². The third-order valence-electron chi connectivity index (χ3n) is 11.5. The second kappa shape index (κ2) is 16.1. The summed E-state index contributed by atoms with van der Waals surface area (Å²) in [5.41, 5.74) is 14.3. The highest BCUT2D eigenvalue weighted by molar-refractivity contribution is 9.10. The predicted molar refractivity (Wildman–Crippen MR) is 268 cm³/mol. The molecule has 0 saturated heterocycles. The molecule has 294 valence electrons. The molecule has 0 saturated carbocycles. The first kappa shape index (κ1) is 37.8. The first-order valence-electron chi connectivity index (χ1n) is 20.5. The minimum atomic E-state index is 0.840. The third-order valence-corrected chi connectivity index (χ3v) is 12.5. The average molecular weight is 925 g/mol. The van der Waals surface area contributed by atoms with Gasteiger partial charge in [-0.1, -0.05) is 141 Å². The second-order valence-corrected chi connectivity index (χ2v) is 17.1. The van der Waals surface area contributed by atoms with Crippen molar-refractivity contribution >= 4 is 110 Å². The molecule has 0 fully saturated rings. The van der Waals surface area contributed by atoms with Gasteiger partial charge in [-0.05, 0) is 142 Å². The average Bonchev–Trinajstić information content (AvgIpc) is 3.33. The monoisotopic (exact) mass is 922 g/mol. The molecule has 11 rings (SSSR count). The second-order valence-electron chi connectivity index (χ2n) is 15.3. The zero-order chi connectivity index (χ0) is 41.6. The maximum atomic E-state index is 5.45. The lowest BCUT2D eigenvalue weighted by molar-refractivity contribution is 1.28. The zero-order valence-corrected chi connectivity index (χ0v) is 36.5. The van der Waals surface area contributed by atoms with Crippen molar-refractivity contribution in [2.45, 2.75) is 0 Å². The van der Waals surface area contributed by atoms with Gasteiger partial charge in [0.15, 0.2) is 0 Å². The number of para-hydroxylation sites is 4. The summed E-state index contributed by atoms with van der Waals surface area (Å²) in [5.74, 6) is 0. The molecule has 10 aromatic carbocycles. The van der Waals surface area contributed by atoms with Crippen LogP contribution in [0.2, 0.25) is 0 Å². The molecule has 6 heteroatoms. The third kappa shape index (κ3) is 6.97. The standard InChI is InChI=1S/C56H36Br2N4/c57-39-25-31-47-51(33-39)52-34-40(58)26-32-48(52)56-55(47)59-53-35-49(37-21-27-45(28-22-37)61(41-13-5-1-6-14-41)42-15-7-2-8-16-42)50(36-54(53)60-56)38-23-29-46(30-24-38)62(43-17-9-3-10-18-43)44-19-11-4-12-20-44/h1-36H. The van der Waals surface area contributed by atoms with E-state index in [1.54, 1.807) is 0 Å². The molecule has 62 heavy (non-hydrogen) atoms. The maximum absolute atomic E-state index is 5.45. The molecular weight excluding hydrogens is 888 g/mol. The quantitative estimate of drug-likeness (QED) is 0.112. The molecule has 1 aromatic heterocycles. The van der Waals surface area contributed by atoms with E-state index in [1.165, 1.54) is 0 Å². The lowest BCUT2D eigenvalue weighted by Gasteiger charge is -2.26. The van der Waals surface area contributed by atoms with E-state index in [4.69, 9.17) is 9.97 Å². The van der Waals surface area contributed by atoms with E-state index in [0.717, 1.165) is 109 Å². The van der Waals surface area contributed by atoms with Gasteiger partial charge in [-0.2, -0.15) is 0 Å². The van der Waals surface area contributed by atoms with Crippen LogP contribution in [0.5, 0.6) is 0 Å². The Hall–Kier alpha value is -7.12. The number of hydrogen-bond acceptors (Lipinski definition) is 4. The van der Waals surface area contributed by atoms with Crippen LogP contribution in [0.1, 0.15) is 0 Å². The predicted octanol–water partition coefficient (Wildman–Crippen LogP) is 16.9. The van der Waals surface area contributed by atoms with Crippen LogP contribution >= 0.6 is 31.9 Å². The van der Waals surface area contributed by atoms with E-state index in [0.29, 0.717) is 0 Å².